The number of amides is 1. The van der Waals surface area contributed by atoms with Gasteiger partial charge in [0.1, 0.15) is 11.6 Å². The Morgan fingerprint density at radius 1 is 1.32 bits per heavy atom. The van der Waals surface area contributed by atoms with Gasteiger partial charge in [-0.3, -0.25) is 4.79 Å². The highest BCUT2D eigenvalue weighted by Gasteiger charge is 2.36. The number of halogens is 2. The maximum atomic E-state index is 13.6. The van der Waals surface area contributed by atoms with E-state index in [9.17, 15) is 9.18 Å². The molecule has 8 heteroatoms. The van der Waals surface area contributed by atoms with Gasteiger partial charge in [0.05, 0.1) is 23.2 Å². The van der Waals surface area contributed by atoms with Crippen LogP contribution in [0, 0.1) is 5.82 Å². The lowest BCUT2D eigenvalue weighted by Gasteiger charge is -2.17. The molecule has 1 fully saturated rings. The van der Waals surface area contributed by atoms with E-state index in [2.05, 4.69) is 10.1 Å². The van der Waals surface area contributed by atoms with Gasteiger partial charge in [-0.25, -0.2) is 4.39 Å². The Kier molecular flexibility index (Phi) is 5.00. The summed E-state index contributed by atoms with van der Waals surface area (Å²) in [7, 11) is 0. The molecule has 2 aromatic carbocycles. The van der Waals surface area contributed by atoms with Crippen LogP contribution in [0.15, 0.2) is 47.0 Å². The van der Waals surface area contributed by atoms with Crippen LogP contribution in [0.4, 0.5) is 10.1 Å². The summed E-state index contributed by atoms with van der Waals surface area (Å²) >= 11 is 6.14. The molecular formula is C20H17ClFN3O3. The number of rotatable bonds is 5. The molecule has 28 heavy (non-hydrogen) atoms. The molecule has 1 aliphatic rings. The first-order valence-electron chi connectivity index (χ1n) is 8.87. The molecular weight excluding hydrogens is 385 g/mol. The van der Waals surface area contributed by atoms with Gasteiger partial charge >= 0.3 is 0 Å². The SMILES string of the molecule is CCOc1cccc(-c2noc(C3CC(=O)N(c4cc(F)ccc4Cl)C3)n2)c1. The standard InChI is InChI=1S/C20H17ClFN3O3/c1-2-27-15-5-3-4-12(8-15)19-23-20(28-24-19)13-9-18(26)25(11-13)17-10-14(22)6-7-16(17)21/h3-8,10,13H,2,9,11H2,1H3. The summed E-state index contributed by atoms with van der Waals surface area (Å²) in [5, 5.41) is 4.34. The van der Waals surface area contributed by atoms with Gasteiger partial charge in [-0.1, -0.05) is 28.9 Å². The number of carbonyl (C=O) groups excluding carboxylic acids is 1. The fourth-order valence-corrected chi connectivity index (χ4v) is 3.43. The number of aromatic nitrogens is 2. The van der Waals surface area contributed by atoms with E-state index in [1.165, 1.54) is 23.1 Å². The number of hydrogen-bond acceptors (Lipinski definition) is 5. The highest BCUT2D eigenvalue weighted by atomic mass is 35.5. The summed E-state index contributed by atoms with van der Waals surface area (Å²) in [5.74, 6) is 0.587. The van der Waals surface area contributed by atoms with Crippen molar-refractivity contribution in [2.45, 2.75) is 19.3 Å². The van der Waals surface area contributed by atoms with E-state index in [-0.39, 0.29) is 18.2 Å². The molecule has 1 aromatic heterocycles. The minimum atomic E-state index is -0.454. The predicted molar refractivity (Wildman–Crippen MR) is 102 cm³/mol. The first-order chi connectivity index (χ1) is 13.5. The van der Waals surface area contributed by atoms with E-state index in [0.29, 0.717) is 41.3 Å². The summed E-state index contributed by atoms with van der Waals surface area (Å²) in [6.45, 7) is 2.76. The summed E-state index contributed by atoms with van der Waals surface area (Å²) < 4.78 is 24.5. The second kappa shape index (κ2) is 7.59. The van der Waals surface area contributed by atoms with Crippen LogP contribution in [0.5, 0.6) is 5.75 Å². The van der Waals surface area contributed by atoms with Crippen molar-refractivity contribution in [3.05, 3.63) is 59.2 Å². The molecule has 0 radical (unpaired) electrons. The van der Waals surface area contributed by atoms with Crippen molar-refractivity contribution in [1.82, 2.24) is 10.1 Å². The minimum Gasteiger partial charge on any atom is -0.494 e. The third kappa shape index (κ3) is 3.57. The van der Waals surface area contributed by atoms with Crippen molar-refractivity contribution < 1.29 is 18.4 Å². The summed E-state index contributed by atoms with van der Waals surface area (Å²) in [4.78, 5) is 18.4. The molecule has 0 aliphatic carbocycles. The maximum Gasteiger partial charge on any atom is 0.232 e. The molecule has 144 valence electrons. The monoisotopic (exact) mass is 401 g/mol. The molecule has 6 nitrogen and oxygen atoms in total. The molecule has 3 aromatic rings. The van der Waals surface area contributed by atoms with Crippen molar-refractivity contribution in [3.8, 4) is 17.1 Å². The van der Waals surface area contributed by atoms with Crippen LogP contribution >= 0.6 is 11.6 Å². The van der Waals surface area contributed by atoms with Crippen LogP contribution in [-0.4, -0.2) is 29.2 Å². The van der Waals surface area contributed by atoms with E-state index in [1.54, 1.807) is 0 Å². The Bertz CT molecular complexity index is 1020. The summed E-state index contributed by atoms with van der Waals surface area (Å²) in [5.41, 5.74) is 1.11. The van der Waals surface area contributed by atoms with Gasteiger partial charge in [0.15, 0.2) is 0 Å². The normalized spacial score (nSPS) is 16.6. The van der Waals surface area contributed by atoms with Crippen LogP contribution in [-0.2, 0) is 4.79 Å². The molecule has 2 heterocycles. The number of carbonyl (C=O) groups is 1. The molecule has 1 aliphatic heterocycles. The van der Waals surface area contributed by atoms with Gasteiger partial charge in [-0.2, -0.15) is 4.98 Å². The van der Waals surface area contributed by atoms with E-state index in [1.807, 2.05) is 31.2 Å². The summed E-state index contributed by atoms with van der Waals surface area (Å²) in [6.07, 6.45) is 0.188. The fraction of sp³-hybridized carbons (Fsp3) is 0.250. The van der Waals surface area contributed by atoms with Gasteiger partial charge in [-0.15, -0.1) is 0 Å². The van der Waals surface area contributed by atoms with E-state index in [0.717, 1.165) is 5.56 Å². The van der Waals surface area contributed by atoms with Gasteiger partial charge < -0.3 is 14.2 Å². The Hall–Kier alpha value is -2.93. The van der Waals surface area contributed by atoms with Crippen molar-refractivity contribution in [1.29, 1.82) is 0 Å². The largest absolute Gasteiger partial charge is 0.494 e. The number of hydrogen-bond donors (Lipinski definition) is 0. The maximum absolute atomic E-state index is 13.6. The average molecular weight is 402 g/mol. The smallest absolute Gasteiger partial charge is 0.232 e. The zero-order valence-electron chi connectivity index (χ0n) is 15.1. The van der Waals surface area contributed by atoms with Crippen molar-refractivity contribution >= 4 is 23.2 Å². The first kappa shape index (κ1) is 18.4. The van der Waals surface area contributed by atoms with Crippen molar-refractivity contribution in [2.75, 3.05) is 18.1 Å². The first-order valence-corrected chi connectivity index (χ1v) is 9.25. The van der Waals surface area contributed by atoms with Gasteiger partial charge in [-0.05, 0) is 37.3 Å². The second-order valence-electron chi connectivity index (χ2n) is 6.42. The lowest BCUT2D eigenvalue weighted by molar-refractivity contribution is -0.117. The molecule has 0 N–H and O–H groups in total. The number of nitrogens with zero attached hydrogens (tertiary/aromatic N) is 3. The zero-order chi connectivity index (χ0) is 19.7. The van der Waals surface area contributed by atoms with Crippen LogP contribution in [0.3, 0.4) is 0 Å². The third-order valence-corrected chi connectivity index (χ3v) is 4.84. The van der Waals surface area contributed by atoms with Crippen molar-refractivity contribution in [2.24, 2.45) is 0 Å². The van der Waals surface area contributed by atoms with E-state index >= 15 is 0 Å². The Morgan fingerprint density at radius 3 is 3.00 bits per heavy atom. The van der Waals surface area contributed by atoms with Crippen LogP contribution < -0.4 is 9.64 Å². The summed E-state index contributed by atoms with van der Waals surface area (Å²) in [6, 6.07) is 11.3. The molecule has 1 atom stereocenters. The lowest BCUT2D eigenvalue weighted by Crippen LogP contribution is -2.24. The molecule has 1 amide bonds. The minimum absolute atomic E-state index is 0.171. The highest BCUT2D eigenvalue weighted by Crippen LogP contribution is 2.35. The molecule has 0 bridgehead atoms. The molecule has 0 spiro atoms. The topological polar surface area (TPSA) is 68.5 Å². The number of ether oxygens (including phenoxy) is 1. The highest BCUT2D eigenvalue weighted by molar-refractivity contribution is 6.33. The van der Waals surface area contributed by atoms with Gasteiger partial charge in [0.2, 0.25) is 17.6 Å². The predicted octanol–water partition coefficient (Wildman–Crippen LogP) is 4.45. The Balaban J connectivity index is 1.56. The molecule has 4 rings (SSSR count). The lowest BCUT2D eigenvalue weighted by atomic mass is 10.1. The number of benzene rings is 2. The number of anilines is 1. The van der Waals surface area contributed by atoms with E-state index in [4.69, 9.17) is 20.9 Å². The van der Waals surface area contributed by atoms with Crippen LogP contribution in [0.1, 0.15) is 25.2 Å². The van der Waals surface area contributed by atoms with E-state index < -0.39 is 5.82 Å². The molecule has 1 unspecified atom stereocenters. The third-order valence-electron chi connectivity index (χ3n) is 4.52. The average Bonchev–Trinajstić information content (AvgIpc) is 3.31. The van der Waals surface area contributed by atoms with Crippen molar-refractivity contribution in [3.63, 3.8) is 0 Å². The molecule has 1 saturated heterocycles. The Morgan fingerprint density at radius 2 is 2.18 bits per heavy atom. The quantitative estimate of drug-likeness (QED) is 0.631. The van der Waals surface area contributed by atoms with Crippen LogP contribution in [0.25, 0.3) is 11.4 Å². The molecule has 0 saturated carbocycles. The van der Waals surface area contributed by atoms with Gasteiger partial charge in [0, 0.05) is 18.5 Å². The Labute approximate surface area is 165 Å². The second-order valence-corrected chi connectivity index (χ2v) is 6.83. The van der Waals surface area contributed by atoms with Gasteiger partial charge in [0.25, 0.3) is 0 Å². The zero-order valence-corrected chi connectivity index (χ0v) is 15.8. The van der Waals surface area contributed by atoms with Crippen LogP contribution in [0.2, 0.25) is 5.02 Å². The fourth-order valence-electron chi connectivity index (χ4n) is 3.21.